The standard InChI is InChI=1S/C18H26BrNO/c1-4-20-16-11-18(8-7-12(2)13(3)10-18)21-17-6-5-14(19)9-15(16)17/h5-6,9,12-13,16,20H,4,7-8,10-11H2,1-3H3. The maximum Gasteiger partial charge on any atom is 0.125 e. The van der Waals surface area contributed by atoms with Gasteiger partial charge in [0.05, 0.1) is 0 Å². The van der Waals surface area contributed by atoms with E-state index in [2.05, 4.69) is 60.2 Å². The molecular formula is C18H26BrNO. The number of halogens is 1. The third-order valence-electron chi connectivity index (χ3n) is 5.42. The van der Waals surface area contributed by atoms with Gasteiger partial charge in [0.25, 0.3) is 0 Å². The van der Waals surface area contributed by atoms with E-state index in [0.29, 0.717) is 6.04 Å². The van der Waals surface area contributed by atoms with Crippen LogP contribution < -0.4 is 10.1 Å². The monoisotopic (exact) mass is 351 g/mol. The van der Waals surface area contributed by atoms with E-state index >= 15 is 0 Å². The van der Waals surface area contributed by atoms with Crippen molar-refractivity contribution in [3.63, 3.8) is 0 Å². The molecule has 3 rings (SSSR count). The Hall–Kier alpha value is -0.540. The van der Waals surface area contributed by atoms with Gasteiger partial charge in [0, 0.05) is 22.5 Å². The van der Waals surface area contributed by atoms with Crippen molar-refractivity contribution in [3.8, 4) is 5.75 Å². The lowest BCUT2D eigenvalue weighted by molar-refractivity contribution is -0.0322. The lowest BCUT2D eigenvalue weighted by Crippen LogP contribution is -2.48. The molecule has 4 unspecified atom stereocenters. The number of hydrogen-bond donors (Lipinski definition) is 1. The van der Waals surface area contributed by atoms with Gasteiger partial charge in [0.15, 0.2) is 0 Å². The van der Waals surface area contributed by atoms with Crippen molar-refractivity contribution >= 4 is 15.9 Å². The van der Waals surface area contributed by atoms with E-state index in [1.54, 1.807) is 0 Å². The summed E-state index contributed by atoms with van der Waals surface area (Å²) in [6.45, 7) is 7.95. The summed E-state index contributed by atoms with van der Waals surface area (Å²) < 4.78 is 7.68. The second-order valence-corrected chi connectivity index (χ2v) is 7.89. The topological polar surface area (TPSA) is 21.3 Å². The van der Waals surface area contributed by atoms with Crippen LogP contribution in [-0.4, -0.2) is 12.1 Å². The summed E-state index contributed by atoms with van der Waals surface area (Å²) in [5.74, 6) is 2.65. The van der Waals surface area contributed by atoms with Gasteiger partial charge in [-0.2, -0.15) is 0 Å². The number of rotatable bonds is 2. The second-order valence-electron chi connectivity index (χ2n) is 6.98. The molecular weight excluding hydrogens is 326 g/mol. The van der Waals surface area contributed by atoms with E-state index in [4.69, 9.17) is 4.74 Å². The Bertz CT molecular complexity index is 518. The third-order valence-corrected chi connectivity index (χ3v) is 5.91. The molecule has 1 fully saturated rings. The highest BCUT2D eigenvalue weighted by atomic mass is 79.9. The fourth-order valence-corrected chi connectivity index (χ4v) is 4.39. The van der Waals surface area contributed by atoms with E-state index in [1.165, 1.54) is 24.8 Å². The van der Waals surface area contributed by atoms with Crippen LogP contribution in [0.1, 0.15) is 58.1 Å². The van der Waals surface area contributed by atoms with E-state index < -0.39 is 0 Å². The molecule has 0 saturated heterocycles. The van der Waals surface area contributed by atoms with Crippen LogP contribution in [-0.2, 0) is 0 Å². The summed E-state index contributed by atoms with van der Waals surface area (Å²) in [5, 5.41) is 3.66. The Labute approximate surface area is 136 Å². The molecule has 1 spiro atoms. The summed E-state index contributed by atoms with van der Waals surface area (Å²) in [7, 11) is 0. The molecule has 3 heteroatoms. The molecule has 4 atom stereocenters. The van der Waals surface area contributed by atoms with Crippen LogP contribution in [0.3, 0.4) is 0 Å². The predicted molar refractivity (Wildman–Crippen MR) is 90.7 cm³/mol. The minimum atomic E-state index is 0.0413. The molecule has 1 aromatic carbocycles. The number of ether oxygens (including phenoxy) is 1. The average molecular weight is 352 g/mol. The zero-order valence-electron chi connectivity index (χ0n) is 13.3. The molecule has 0 radical (unpaired) electrons. The highest BCUT2D eigenvalue weighted by Crippen LogP contribution is 2.49. The van der Waals surface area contributed by atoms with Gasteiger partial charge in [-0.1, -0.05) is 36.7 Å². The van der Waals surface area contributed by atoms with E-state index in [1.807, 2.05) is 0 Å². The fraction of sp³-hybridized carbons (Fsp3) is 0.667. The van der Waals surface area contributed by atoms with Crippen LogP contribution in [0.5, 0.6) is 5.75 Å². The van der Waals surface area contributed by atoms with Gasteiger partial charge in [0.1, 0.15) is 11.4 Å². The molecule has 2 nitrogen and oxygen atoms in total. The Morgan fingerprint density at radius 2 is 2.10 bits per heavy atom. The molecule has 1 aromatic rings. The predicted octanol–water partition coefficient (Wildman–Crippen LogP) is 5.08. The smallest absolute Gasteiger partial charge is 0.125 e. The summed E-state index contributed by atoms with van der Waals surface area (Å²) in [6, 6.07) is 6.85. The van der Waals surface area contributed by atoms with Gasteiger partial charge in [-0.3, -0.25) is 0 Å². The summed E-state index contributed by atoms with van der Waals surface area (Å²) in [6.07, 6.45) is 4.76. The zero-order valence-corrected chi connectivity index (χ0v) is 14.9. The van der Waals surface area contributed by atoms with E-state index in [0.717, 1.165) is 35.0 Å². The summed E-state index contributed by atoms with van der Waals surface area (Å²) in [5.41, 5.74) is 1.35. The van der Waals surface area contributed by atoms with Crippen molar-refractivity contribution in [2.75, 3.05) is 6.54 Å². The first-order valence-corrected chi connectivity index (χ1v) is 9.04. The van der Waals surface area contributed by atoms with Crippen LogP contribution in [0, 0.1) is 11.8 Å². The quantitative estimate of drug-likeness (QED) is 0.802. The SMILES string of the molecule is CCNC1CC2(CCC(C)C(C)C2)Oc2ccc(Br)cc21. The van der Waals surface area contributed by atoms with Gasteiger partial charge in [-0.05, 0) is 55.8 Å². The number of nitrogens with one attached hydrogen (secondary N) is 1. The Morgan fingerprint density at radius 3 is 2.81 bits per heavy atom. The van der Waals surface area contributed by atoms with Crippen molar-refractivity contribution in [1.82, 2.24) is 5.32 Å². The van der Waals surface area contributed by atoms with Crippen LogP contribution in [0.4, 0.5) is 0 Å². The molecule has 1 saturated carbocycles. The van der Waals surface area contributed by atoms with Crippen molar-refractivity contribution < 1.29 is 4.74 Å². The first-order valence-electron chi connectivity index (χ1n) is 8.25. The van der Waals surface area contributed by atoms with Crippen LogP contribution in [0.2, 0.25) is 0 Å². The van der Waals surface area contributed by atoms with Gasteiger partial charge in [0.2, 0.25) is 0 Å². The molecule has 1 aliphatic heterocycles. The van der Waals surface area contributed by atoms with E-state index in [-0.39, 0.29) is 5.60 Å². The molecule has 0 amide bonds. The third kappa shape index (κ3) is 3.00. The summed E-state index contributed by atoms with van der Waals surface area (Å²) >= 11 is 3.59. The normalized spacial score (nSPS) is 35.3. The number of benzene rings is 1. The average Bonchev–Trinajstić information content (AvgIpc) is 2.45. The minimum absolute atomic E-state index is 0.0413. The first-order chi connectivity index (χ1) is 10.0. The molecule has 0 bridgehead atoms. The second kappa shape index (κ2) is 5.92. The van der Waals surface area contributed by atoms with Gasteiger partial charge in [-0.15, -0.1) is 0 Å². The Balaban J connectivity index is 1.92. The molecule has 0 aromatic heterocycles. The van der Waals surface area contributed by atoms with Gasteiger partial charge >= 0.3 is 0 Å². The maximum atomic E-state index is 6.55. The first kappa shape index (κ1) is 15.4. The zero-order chi connectivity index (χ0) is 15.0. The largest absolute Gasteiger partial charge is 0.487 e. The molecule has 1 aliphatic carbocycles. The lowest BCUT2D eigenvalue weighted by Gasteiger charge is -2.48. The molecule has 1 N–H and O–H groups in total. The van der Waals surface area contributed by atoms with Crippen LogP contribution >= 0.6 is 15.9 Å². The number of fused-ring (bicyclic) bond motifs is 1. The highest BCUT2D eigenvalue weighted by molar-refractivity contribution is 9.10. The number of hydrogen-bond acceptors (Lipinski definition) is 2. The molecule has 2 aliphatic rings. The molecule has 21 heavy (non-hydrogen) atoms. The Kier molecular flexibility index (Phi) is 4.33. The maximum absolute atomic E-state index is 6.55. The lowest BCUT2D eigenvalue weighted by atomic mass is 9.69. The minimum Gasteiger partial charge on any atom is -0.487 e. The fourth-order valence-electron chi connectivity index (χ4n) is 4.01. The van der Waals surface area contributed by atoms with Crippen molar-refractivity contribution in [3.05, 3.63) is 28.2 Å². The van der Waals surface area contributed by atoms with Crippen LogP contribution in [0.15, 0.2) is 22.7 Å². The van der Waals surface area contributed by atoms with Crippen LogP contribution in [0.25, 0.3) is 0 Å². The van der Waals surface area contributed by atoms with E-state index in [9.17, 15) is 0 Å². The molecule has 1 heterocycles. The van der Waals surface area contributed by atoms with Crippen molar-refractivity contribution in [2.24, 2.45) is 11.8 Å². The Morgan fingerprint density at radius 1 is 1.29 bits per heavy atom. The van der Waals surface area contributed by atoms with Crippen molar-refractivity contribution in [1.29, 1.82) is 0 Å². The van der Waals surface area contributed by atoms with Crippen molar-refractivity contribution in [2.45, 2.75) is 58.1 Å². The van der Waals surface area contributed by atoms with Gasteiger partial charge in [-0.25, -0.2) is 0 Å². The summed E-state index contributed by atoms with van der Waals surface area (Å²) in [4.78, 5) is 0. The highest BCUT2D eigenvalue weighted by Gasteiger charge is 2.44. The van der Waals surface area contributed by atoms with Gasteiger partial charge < -0.3 is 10.1 Å². The molecule has 116 valence electrons.